The minimum Gasteiger partial charge on any atom is -0.454 e. The first-order chi connectivity index (χ1) is 15.4. The van der Waals surface area contributed by atoms with E-state index < -0.39 is 11.5 Å². The third-order valence-corrected chi connectivity index (χ3v) is 6.96. The lowest BCUT2D eigenvalue weighted by molar-refractivity contribution is -0.136. The van der Waals surface area contributed by atoms with E-state index in [1.165, 1.54) is 4.90 Å². The van der Waals surface area contributed by atoms with Crippen LogP contribution in [0.25, 0.3) is 0 Å². The molecular weight excluding hydrogens is 542 g/mol. The minimum absolute atomic E-state index is 0.0980. The summed E-state index contributed by atoms with van der Waals surface area (Å²) < 4.78 is 12.2. The third-order valence-electron chi connectivity index (χ3n) is 5.69. The molecule has 2 heterocycles. The van der Waals surface area contributed by atoms with Crippen LogP contribution in [0.5, 0.6) is 11.5 Å². The number of amides is 1. The van der Waals surface area contributed by atoms with Crippen LogP contribution >= 0.6 is 31.9 Å². The number of carbonyl (C=O) groups is 2. The summed E-state index contributed by atoms with van der Waals surface area (Å²) in [6.07, 6.45) is -0.388. The zero-order valence-corrected chi connectivity index (χ0v) is 19.9. The van der Waals surface area contributed by atoms with Crippen LogP contribution in [-0.2, 0) is 16.9 Å². The van der Waals surface area contributed by atoms with Gasteiger partial charge in [0, 0.05) is 20.1 Å². The van der Waals surface area contributed by atoms with Crippen LogP contribution in [0, 0.1) is 0 Å². The average molecular weight is 559 g/mol. The summed E-state index contributed by atoms with van der Waals surface area (Å²) in [5.41, 5.74) is 0.235. The molecule has 0 aromatic heterocycles. The molecule has 0 aliphatic carbocycles. The van der Waals surface area contributed by atoms with E-state index in [-0.39, 0.29) is 25.5 Å². The lowest BCUT2D eigenvalue weighted by atomic mass is 9.88. The smallest absolute Gasteiger partial charge is 0.264 e. The van der Waals surface area contributed by atoms with Gasteiger partial charge in [-0.05, 0) is 48.0 Å². The van der Waals surface area contributed by atoms with E-state index in [0.29, 0.717) is 32.8 Å². The van der Waals surface area contributed by atoms with Crippen molar-refractivity contribution in [3.05, 3.63) is 86.3 Å². The predicted octanol–water partition coefficient (Wildman–Crippen LogP) is 4.95. The summed E-state index contributed by atoms with van der Waals surface area (Å²) in [5.74, 6) is 0.133. The molecule has 0 radical (unpaired) electrons. The Morgan fingerprint density at radius 1 is 1.03 bits per heavy atom. The van der Waals surface area contributed by atoms with Gasteiger partial charge < -0.3 is 19.5 Å². The van der Waals surface area contributed by atoms with Crippen LogP contribution < -0.4 is 14.4 Å². The molecule has 0 saturated carbocycles. The van der Waals surface area contributed by atoms with Gasteiger partial charge in [0.05, 0.1) is 18.7 Å². The number of fused-ring (bicyclic) bond motifs is 2. The molecule has 0 spiro atoms. The number of Topliss-reactive ketones (excluding diaryl/α,β-unsaturated/α-hetero) is 1. The van der Waals surface area contributed by atoms with Crippen LogP contribution in [0.1, 0.15) is 27.9 Å². The number of hydrogen-bond donors (Lipinski definition) is 1. The molecule has 2 aliphatic heterocycles. The fraction of sp³-hybridized carbons (Fsp3) is 0.167. The van der Waals surface area contributed by atoms with Crippen molar-refractivity contribution in [2.75, 3.05) is 11.7 Å². The predicted molar refractivity (Wildman–Crippen MR) is 125 cm³/mol. The second-order valence-corrected chi connectivity index (χ2v) is 9.44. The summed E-state index contributed by atoms with van der Waals surface area (Å²) in [5, 5.41) is 11.6. The highest BCUT2D eigenvalue weighted by Crippen LogP contribution is 2.45. The fourth-order valence-electron chi connectivity index (χ4n) is 4.05. The van der Waals surface area contributed by atoms with E-state index in [4.69, 9.17) is 9.47 Å². The average Bonchev–Trinajstić information content (AvgIpc) is 3.32. The maximum Gasteiger partial charge on any atom is 0.264 e. The quantitative estimate of drug-likeness (QED) is 0.449. The number of halogens is 2. The molecule has 6 nitrogen and oxygen atoms in total. The Labute approximate surface area is 201 Å². The monoisotopic (exact) mass is 557 g/mol. The number of nitrogens with zero attached hydrogens (tertiary/aromatic N) is 1. The molecule has 162 valence electrons. The van der Waals surface area contributed by atoms with Crippen molar-refractivity contribution in [2.45, 2.75) is 18.6 Å². The van der Waals surface area contributed by atoms with E-state index in [1.807, 2.05) is 30.3 Å². The first kappa shape index (κ1) is 21.2. The van der Waals surface area contributed by atoms with Crippen LogP contribution in [0.4, 0.5) is 5.69 Å². The number of ether oxygens (including phenoxy) is 2. The first-order valence-corrected chi connectivity index (χ1v) is 11.5. The SMILES string of the molecule is O=C(CC1(O)C(=O)N(Cc2ccccc2Br)c2ccc(Br)cc21)c1ccc2c(c1)OCO2. The van der Waals surface area contributed by atoms with Gasteiger partial charge in [0.15, 0.2) is 22.9 Å². The number of carbonyl (C=O) groups excluding carboxylic acids is 2. The van der Waals surface area contributed by atoms with E-state index in [9.17, 15) is 14.7 Å². The van der Waals surface area contributed by atoms with Crippen LogP contribution in [0.3, 0.4) is 0 Å². The highest BCUT2D eigenvalue weighted by atomic mass is 79.9. The summed E-state index contributed by atoms with van der Waals surface area (Å²) in [7, 11) is 0. The second-order valence-electron chi connectivity index (χ2n) is 7.67. The van der Waals surface area contributed by atoms with E-state index >= 15 is 0 Å². The number of benzene rings is 3. The normalized spacial score (nSPS) is 18.7. The van der Waals surface area contributed by atoms with E-state index in [1.54, 1.807) is 30.3 Å². The van der Waals surface area contributed by atoms with Crippen molar-refractivity contribution >= 4 is 49.2 Å². The molecule has 0 bridgehead atoms. The molecule has 32 heavy (non-hydrogen) atoms. The molecule has 5 rings (SSSR count). The molecule has 0 saturated heterocycles. The fourth-order valence-corrected chi connectivity index (χ4v) is 4.82. The summed E-state index contributed by atoms with van der Waals surface area (Å²) in [6, 6.07) is 17.7. The van der Waals surface area contributed by atoms with Gasteiger partial charge in [0.2, 0.25) is 6.79 Å². The maximum atomic E-state index is 13.5. The zero-order chi connectivity index (χ0) is 22.5. The number of aliphatic hydroxyl groups is 1. The van der Waals surface area contributed by atoms with Crippen LogP contribution in [0.15, 0.2) is 69.6 Å². The minimum atomic E-state index is -1.98. The molecule has 2 aliphatic rings. The van der Waals surface area contributed by atoms with Gasteiger partial charge in [-0.1, -0.05) is 50.1 Å². The van der Waals surface area contributed by atoms with Crippen molar-refractivity contribution < 1.29 is 24.2 Å². The Morgan fingerprint density at radius 3 is 2.62 bits per heavy atom. The Morgan fingerprint density at radius 2 is 1.81 bits per heavy atom. The van der Waals surface area contributed by atoms with Crippen LogP contribution in [0.2, 0.25) is 0 Å². The molecule has 8 heteroatoms. The van der Waals surface area contributed by atoms with Gasteiger partial charge in [-0.25, -0.2) is 0 Å². The molecular formula is C24H17Br2NO5. The number of anilines is 1. The van der Waals surface area contributed by atoms with Crippen molar-refractivity contribution in [2.24, 2.45) is 0 Å². The number of ketones is 1. The van der Waals surface area contributed by atoms with Gasteiger partial charge in [0.1, 0.15) is 0 Å². The van der Waals surface area contributed by atoms with Gasteiger partial charge >= 0.3 is 0 Å². The summed E-state index contributed by atoms with van der Waals surface area (Å²) in [6.45, 7) is 0.357. The molecule has 1 unspecified atom stereocenters. The second kappa shape index (κ2) is 8.03. The topological polar surface area (TPSA) is 76.1 Å². The number of hydrogen-bond acceptors (Lipinski definition) is 5. The molecule has 0 fully saturated rings. The first-order valence-electron chi connectivity index (χ1n) is 9.87. The largest absolute Gasteiger partial charge is 0.454 e. The molecule has 1 N–H and O–H groups in total. The van der Waals surface area contributed by atoms with Crippen molar-refractivity contribution in [3.8, 4) is 11.5 Å². The zero-order valence-electron chi connectivity index (χ0n) is 16.7. The van der Waals surface area contributed by atoms with Gasteiger partial charge in [-0.2, -0.15) is 0 Å². The molecule has 3 aromatic rings. The molecule has 1 atom stereocenters. The van der Waals surface area contributed by atoms with E-state index in [0.717, 1.165) is 10.0 Å². The maximum absolute atomic E-state index is 13.5. The third kappa shape index (κ3) is 3.52. The number of rotatable bonds is 5. The Balaban J connectivity index is 1.50. The lowest BCUT2D eigenvalue weighted by Crippen LogP contribution is -2.41. The van der Waals surface area contributed by atoms with Gasteiger partial charge in [-0.3, -0.25) is 9.59 Å². The highest BCUT2D eigenvalue weighted by molar-refractivity contribution is 9.10. The highest BCUT2D eigenvalue weighted by Gasteiger charge is 2.51. The Bertz CT molecular complexity index is 1260. The summed E-state index contributed by atoms with van der Waals surface area (Å²) >= 11 is 6.93. The molecule has 3 aromatic carbocycles. The van der Waals surface area contributed by atoms with Crippen LogP contribution in [-0.4, -0.2) is 23.6 Å². The van der Waals surface area contributed by atoms with E-state index in [2.05, 4.69) is 31.9 Å². The molecule has 1 amide bonds. The van der Waals surface area contributed by atoms with Crippen molar-refractivity contribution in [1.82, 2.24) is 0 Å². The Hall–Kier alpha value is -2.68. The van der Waals surface area contributed by atoms with Gasteiger partial charge in [-0.15, -0.1) is 0 Å². The lowest BCUT2D eigenvalue weighted by Gasteiger charge is -2.23. The van der Waals surface area contributed by atoms with Crippen molar-refractivity contribution in [3.63, 3.8) is 0 Å². The van der Waals surface area contributed by atoms with Gasteiger partial charge in [0.25, 0.3) is 5.91 Å². The van der Waals surface area contributed by atoms with Crippen molar-refractivity contribution in [1.29, 1.82) is 0 Å². The Kier molecular flexibility index (Phi) is 5.31. The summed E-state index contributed by atoms with van der Waals surface area (Å²) in [4.78, 5) is 28.2. The standard InChI is InChI=1S/C24H17Br2NO5/c25-16-6-7-19-17(10-16)24(30,23(29)27(19)12-15-3-1-2-4-18(15)26)11-20(28)14-5-8-21-22(9-14)32-13-31-21/h1-10,30H,11-13H2.